The number of amides is 1. The van der Waals surface area contributed by atoms with Crippen LogP contribution in [-0.2, 0) is 6.54 Å². The average Bonchev–Trinajstić information content (AvgIpc) is 3.00. The second-order valence-corrected chi connectivity index (χ2v) is 6.15. The topological polar surface area (TPSA) is 103 Å². The predicted molar refractivity (Wildman–Crippen MR) is 98.3 cm³/mol. The molecule has 1 aromatic carbocycles. The van der Waals surface area contributed by atoms with Gasteiger partial charge in [-0.05, 0) is 30.7 Å². The zero-order chi connectivity index (χ0) is 18.1. The lowest BCUT2D eigenvalue weighted by molar-refractivity contribution is 0.0955. The fourth-order valence-electron chi connectivity index (χ4n) is 3.05. The maximum absolute atomic E-state index is 12.5. The average molecular weight is 355 g/mol. The lowest BCUT2D eigenvalue weighted by Gasteiger charge is -2.22. The summed E-state index contributed by atoms with van der Waals surface area (Å²) in [6.45, 7) is 4.21. The monoisotopic (exact) mass is 355 g/mol. The molecule has 3 heterocycles. The molecule has 1 aromatic heterocycles. The smallest absolute Gasteiger partial charge is 0.258 e. The Morgan fingerprint density at radius 3 is 2.96 bits per heavy atom. The van der Waals surface area contributed by atoms with Gasteiger partial charge in [-0.2, -0.15) is 5.10 Å². The maximum atomic E-state index is 12.5. The van der Waals surface area contributed by atoms with Gasteiger partial charge in [0.1, 0.15) is 24.6 Å². The second kappa shape index (κ2) is 6.62. The van der Waals surface area contributed by atoms with E-state index in [1.54, 1.807) is 4.68 Å². The number of carbonyl (C=O) groups excluding carboxylic acids is 1. The van der Waals surface area contributed by atoms with Crippen molar-refractivity contribution in [2.45, 2.75) is 19.9 Å². The van der Waals surface area contributed by atoms with Crippen LogP contribution in [0, 0.1) is 0 Å². The van der Waals surface area contributed by atoms with Crippen molar-refractivity contribution < 1.29 is 14.3 Å². The van der Waals surface area contributed by atoms with Gasteiger partial charge in [-0.15, -0.1) is 0 Å². The van der Waals surface area contributed by atoms with Crippen LogP contribution < -0.4 is 25.8 Å². The van der Waals surface area contributed by atoms with Crippen molar-refractivity contribution in [3.63, 3.8) is 0 Å². The molecule has 0 aliphatic carbocycles. The van der Waals surface area contributed by atoms with Crippen molar-refractivity contribution in [3.8, 4) is 11.5 Å². The number of nitrogens with zero attached hydrogens (tertiary/aromatic N) is 2. The van der Waals surface area contributed by atoms with Crippen molar-refractivity contribution >= 4 is 23.2 Å². The van der Waals surface area contributed by atoms with Crippen LogP contribution in [0.3, 0.4) is 0 Å². The second-order valence-electron chi connectivity index (χ2n) is 6.15. The van der Waals surface area contributed by atoms with Gasteiger partial charge in [0.05, 0.1) is 6.54 Å². The van der Waals surface area contributed by atoms with Crippen LogP contribution in [0.1, 0.15) is 29.3 Å². The van der Waals surface area contributed by atoms with Crippen molar-refractivity contribution in [1.29, 1.82) is 0 Å². The number of rotatable bonds is 4. The normalized spacial score (nSPS) is 14.9. The van der Waals surface area contributed by atoms with Crippen LogP contribution in [0.4, 0.5) is 11.6 Å². The predicted octanol–water partition coefficient (Wildman–Crippen LogP) is 1.84. The molecule has 4 rings (SSSR count). The van der Waals surface area contributed by atoms with Crippen LogP contribution in [0.2, 0.25) is 0 Å². The molecule has 2 aromatic rings. The van der Waals surface area contributed by atoms with E-state index in [-0.39, 0.29) is 11.7 Å². The number of aromatic nitrogens is 2. The highest BCUT2D eigenvalue weighted by atomic mass is 16.6. The largest absolute Gasteiger partial charge is 0.486 e. The molecule has 0 atom stereocenters. The number of allylic oxidation sites excluding steroid dienone is 1. The zero-order valence-corrected chi connectivity index (χ0v) is 14.5. The van der Waals surface area contributed by atoms with Gasteiger partial charge in [-0.25, -0.2) is 4.68 Å². The van der Waals surface area contributed by atoms with Gasteiger partial charge < -0.3 is 25.8 Å². The number of fused-ring (bicyclic) bond motifs is 2. The number of nitrogen functional groups attached to an aromatic ring is 1. The quantitative estimate of drug-likeness (QED) is 0.773. The van der Waals surface area contributed by atoms with Crippen molar-refractivity contribution in [2.75, 3.05) is 30.8 Å². The fraction of sp³-hybridized carbons (Fsp3) is 0.333. The summed E-state index contributed by atoms with van der Waals surface area (Å²) >= 11 is 0. The Morgan fingerprint density at radius 1 is 1.35 bits per heavy atom. The molecule has 8 heteroatoms. The molecular formula is C18H21N5O3. The molecule has 0 bridgehead atoms. The van der Waals surface area contributed by atoms with Crippen molar-refractivity contribution in [3.05, 3.63) is 35.4 Å². The Morgan fingerprint density at radius 2 is 2.15 bits per heavy atom. The van der Waals surface area contributed by atoms with E-state index in [4.69, 9.17) is 15.2 Å². The first-order valence-electron chi connectivity index (χ1n) is 8.69. The summed E-state index contributed by atoms with van der Waals surface area (Å²) in [5, 5.41) is 10.4. The van der Waals surface area contributed by atoms with Crippen molar-refractivity contribution in [2.24, 2.45) is 0 Å². The molecule has 26 heavy (non-hydrogen) atoms. The summed E-state index contributed by atoms with van der Waals surface area (Å²) < 4.78 is 12.9. The molecule has 0 saturated heterocycles. The Labute approximate surface area is 151 Å². The molecule has 0 radical (unpaired) electrons. The van der Waals surface area contributed by atoms with Crippen LogP contribution in [-0.4, -0.2) is 35.4 Å². The molecule has 8 nitrogen and oxygen atoms in total. The van der Waals surface area contributed by atoms with E-state index < -0.39 is 0 Å². The Balaban J connectivity index is 1.62. The summed E-state index contributed by atoms with van der Waals surface area (Å²) in [7, 11) is 0. The molecule has 0 unspecified atom stereocenters. The van der Waals surface area contributed by atoms with Crippen LogP contribution >= 0.6 is 0 Å². The Hall–Kier alpha value is -3.16. The van der Waals surface area contributed by atoms with Crippen LogP contribution in [0.25, 0.3) is 5.70 Å². The maximum Gasteiger partial charge on any atom is 0.258 e. The number of nitrogens with one attached hydrogen (secondary N) is 2. The summed E-state index contributed by atoms with van der Waals surface area (Å²) in [5.74, 6) is 2.06. The standard InChI is InChI=1S/C18H21N5O3/c1-2-6-20-18(24)15-16(19)22-23-7-5-12(21-17(15)23)11-3-4-13-14(10-11)26-9-8-25-13/h3-5,10,21H,2,6-9H2,1H3,(H2,19,22)(H,20,24). The molecule has 136 valence electrons. The minimum Gasteiger partial charge on any atom is -0.486 e. The van der Waals surface area contributed by atoms with E-state index in [1.165, 1.54) is 0 Å². The molecule has 0 spiro atoms. The third-order valence-corrected chi connectivity index (χ3v) is 4.32. The number of hydrogen-bond acceptors (Lipinski definition) is 6. The summed E-state index contributed by atoms with van der Waals surface area (Å²) in [4.78, 5) is 12.5. The molecule has 0 saturated carbocycles. The minimum atomic E-state index is -0.221. The molecule has 2 aliphatic rings. The van der Waals surface area contributed by atoms with Crippen LogP contribution in [0.15, 0.2) is 24.3 Å². The van der Waals surface area contributed by atoms with Crippen LogP contribution in [0.5, 0.6) is 11.5 Å². The third-order valence-electron chi connectivity index (χ3n) is 4.32. The number of nitrogens with two attached hydrogens (primary N) is 1. The van der Waals surface area contributed by atoms with E-state index in [0.717, 1.165) is 29.2 Å². The molecule has 1 amide bonds. The number of anilines is 2. The van der Waals surface area contributed by atoms with Gasteiger partial charge in [0.15, 0.2) is 17.3 Å². The zero-order valence-electron chi connectivity index (χ0n) is 14.5. The number of ether oxygens (including phenoxy) is 2. The number of hydrogen-bond donors (Lipinski definition) is 3. The highest BCUT2D eigenvalue weighted by Crippen LogP contribution is 2.35. The molecule has 4 N–H and O–H groups in total. The Kier molecular flexibility index (Phi) is 4.16. The van der Waals surface area contributed by atoms with Gasteiger partial charge in [-0.3, -0.25) is 4.79 Å². The lowest BCUT2D eigenvalue weighted by atomic mass is 10.1. The van der Waals surface area contributed by atoms with Gasteiger partial charge in [0.2, 0.25) is 0 Å². The first kappa shape index (κ1) is 16.3. The first-order chi connectivity index (χ1) is 12.7. The number of carbonyl (C=O) groups is 1. The van der Waals surface area contributed by atoms with E-state index >= 15 is 0 Å². The van der Waals surface area contributed by atoms with Gasteiger partial charge >= 0.3 is 0 Å². The third kappa shape index (κ3) is 2.83. The molecule has 2 aliphatic heterocycles. The van der Waals surface area contributed by atoms with E-state index in [2.05, 4.69) is 15.7 Å². The van der Waals surface area contributed by atoms with E-state index in [0.29, 0.717) is 37.7 Å². The number of benzene rings is 1. The lowest BCUT2D eigenvalue weighted by Crippen LogP contribution is -2.26. The Bertz CT molecular complexity index is 887. The fourth-order valence-corrected chi connectivity index (χ4v) is 3.05. The highest BCUT2D eigenvalue weighted by Gasteiger charge is 2.25. The molecule has 0 fully saturated rings. The van der Waals surface area contributed by atoms with E-state index in [9.17, 15) is 4.79 Å². The van der Waals surface area contributed by atoms with Crippen molar-refractivity contribution in [1.82, 2.24) is 15.1 Å². The molecular weight excluding hydrogens is 334 g/mol. The first-order valence-corrected chi connectivity index (χ1v) is 8.69. The summed E-state index contributed by atoms with van der Waals surface area (Å²) in [6, 6.07) is 5.78. The summed E-state index contributed by atoms with van der Waals surface area (Å²) in [6.07, 6.45) is 2.85. The van der Waals surface area contributed by atoms with Gasteiger partial charge in [-0.1, -0.05) is 6.92 Å². The van der Waals surface area contributed by atoms with Gasteiger partial charge in [0, 0.05) is 17.8 Å². The van der Waals surface area contributed by atoms with E-state index in [1.807, 2.05) is 31.2 Å². The highest BCUT2D eigenvalue weighted by molar-refractivity contribution is 6.04. The SMILES string of the molecule is CCCNC(=O)c1c(N)nn2c1NC(c1ccc3c(c1)OCCO3)=CC2. The summed E-state index contributed by atoms with van der Waals surface area (Å²) in [5.41, 5.74) is 8.17. The minimum absolute atomic E-state index is 0.220. The van der Waals surface area contributed by atoms with Gasteiger partial charge in [0.25, 0.3) is 5.91 Å².